The number of nitrogens with two attached hydrogens (primary N) is 1. The molecule has 0 aliphatic rings. The molecule has 0 spiro atoms. The largest absolute Gasteiger partial charge is 0.349 e. The number of benzene rings is 1. The van der Waals surface area contributed by atoms with Crippen molar-refractivity contribution in [2.45, 2.75) is 46.6 Å². The second-order valence-electron chi connectivity index (χ2n) is 6.03. The van der Waals surface area contributed by atoms with Gasteiger partial charge in [0.25, 0.3) is 0 Å². The molecule has 112 valence electrons. The average molecular weight is 276 g/mol. The van der Waals surface area contributed by atoms with Crippen LogP contribution in [0.5, 0.6) is 0 Å². The Hall–Kier alpha value is -1.35. The zero-order valence-corrected chi connectivity index (χ0v) is 13.1. The van der Waals surface area contributed by atoms with E-state index in [0.717, 1.165) is 12.8 Å². The molecule has 1 rings (SSSR count). The van der Waals surface area contributed by atoms with Crippen molar-refractivity contribution in [2.75, 3.05) is 6.54 Å². The fourth-order valence-corrected chi connectivity index (χ4v) is 2.32. The van der Waals surface area contributed by atoms with Gasteiger partial charge in [-0.05, 0) is 25.3 Å². The third kappa shape index (κ3) is 4.07. The van der Waals surface area contributed by atoms with Crippen LogP contribution in [-0.4, -0.2) is 12.5 Å². The molecule has 3 heteroatoms. The fourth-order valence-electron chi connectivity index (χ4n) is 2.32. The maximum atomic E-state index is 12.4. The summed E-state index contributed by atoms with van der Waals surface area (Å²) in [5.74, 6) is 0.468. The summed E-state index contributed by atoms with van der Waals surface area (Å²) in [5, 5.41) is 3.21. The van der Waals surface area contributed by atoms with Gasteiger partial charge in [-0.15, -0.1) is 0 Å². The molecule has 1 unspecified atom stereocenters. The highest BCUT2D eigenvalue weighted by atomic mass is 16.2. The second kappa shape index (κ2) is 7.44. The van der Waals surface area contributed by atoms with Crippen molar-refractivity contribution in [2.24, 2.45) is 17.1 Å². The zero-order chi connectivity index (χ0) is 15.2. The highest BCUT2D eigenvalue weighted by molar-refractivity contribution is 5.82. The van der Waals surface area contributed by atoms with Crippen LogP contribution in [0.4, 0.5) is 0 Å². The predicted molar refractivity (Wildman–Crippen MR) is 84.2 cm³/mol. The lowest BCUT2D eigenvalue weighted by Crippen LogP contribution is -2.44. The molecule has 0 bridgehead atoms. The molecule has 3 N–H and O–H groups in total. The second-order valence-corrected chi connectivity index (χ2v) is 6.03. The Morgan fingerprint density at radius 3 is 2.20 bits per heavy atom. The van der Waals surface area contributed by atoms with E-state index < -0.39 is 5.41 Å². The van der Waals surface area contributed by atoms with Gasteiger partial charge >= 0.3 is 0 Å². The van der Waals surface area contributed by atoms with E-state index in [-0.39, 0.29) is 11.9 Å². The van der Waals surface area contributed by atoms with E-state index in [0.29, 0.717) is 12.5 Å². The Bertz CT molecular complexity index is 410. The molecule has 20 heavy (non-hydrogen) atoms. The highest BCUT2D eigenvalue weighted by Gasteiger charge is 2.30. The van der Waals surface area contributed by atoms with E-state index in [4.69, 9.17) is 5.73 Å². The van der Waals surface area contributed by atoms with Crippen LogP contribution in [-0.2, 0) is 4.79 Å². The summed E-state index contributed by atoms with van der Waals surface area (Å²) in [5.41, 5.74) is 6.34. The lowest BCUT2D eigenvalue weighted by molar-refractivity contribution is -0.130. The molecule has 0 aromatic heterocycles. The van der Waals surface area contributed by atoms with Crippen molar-refractivity contribution in [3.63, 3.8) is 0 Å². The SMILES string of the molecule is CCC(CC)C(NC(=O)C(C)(C)CN)c1ccccc1. The molecule has 0 radical (unpaired) electrons. The first-order chi connectivity index (χ1) is 9.46. The van der Waals surface area contributed by atoms with E-state index in [9.17, 15) is 4.79 Å². The third-order valence-electron chi connectivity index (χ3n) is 4.09. The Balaban J connectivity index is 2.98. The summed E-state index contributed by atoms with van der Waals surface area (Å²) < 4.78 is 0. The van der Waals surface area contributed by atoms with Gasteiger partial charge in [-0.3, -0.25) is 4.79 Å². The van der Waals surface area contributed by atoms with Gasteiger partial charge in [-0.25, -0.2) is 0 Å². The molecule has 0 fully saturated rings. The van der Waals surface area contributed by atoms with Crippen LogP contribution in [0.15, 0.2) is 30.3 Å². The predicted octanol–water partition coefficient (Wildman–Crippen LogP) is 3.27. The molecule has 0 heterocycles. The Morgan fingerprint density at radius 1 is 1.20 bits per heavy atom. The maximum Gasteiger partial charge on any atom is 0.227 e. The van der Waals surface area contributed by atoms with Crippen molar-refractivity contribution in [3.8, 4) is 0 Å². The molecule has 0 saturated heterocycles. The number of rotatable bonds is 7. The van der Waals surface area contributed by atoms with Crippen LogP contribution in [0.3, 0.4) is 0 Å². The first kappa shape index (κ1) is 16.7. The van der Waals surface area contributed by atoms with Gasteiger partial charge in [0.15, 0.2) is 0 Å². The molecule has 0 aliphatic carbocycles. The number of carbonyl (C=O) groups excluding carboxylic acids is 1. The monoisotopic (exact) mass is 276 g/mol. The number of carbonyl (C=O) groups is 1. The molecule has 1 atom stereocenters. The van der Waals surface area contributed by atoms with Crippen molar-refractivity contribution in [1.82, 2.24) is 5.32 Å². The summed E-state index contributed by atoms with van der Waals surface area (Å²) in [4.78, 5) is 12.4. The number of hydrogen-bond donors (Lipinski definition) is 2. The van der Waals surface area contributed by atoms with E-state index in [1.54, 1.807) is 0 Å². The van der Waals surface area contributed by atoms with Crippen LogP contribution >= 0.6 is 0 Å². The molecule has 1 aromatic rings. The number of hydrogen-bond acceptors (Lipinski definition) is 2. The molecular formula is C17H28N2O. The van der Waals surface area contributed by atoms with E-state index in [1.165, 1.54) is 5.56 Å². The summed E-state index contributed by atoms with van der Waals surface area (Å²) in [6, 6.07) is 10.3. The lowest BCUT2D eigenvalue weighted by Gasteiger charge is -2.31. The molecule has 0 saturated carbocycles. The molecule has 1 amide bonds. The van der Waals surface area contributed by atoms with Gasteiger partial charge < -0.3 is 11.1 Å². The van der Waals surface area contributed by atoms with Gasteiger partial charge in [0.05, 0.1) is 11.5 Å². The van der Waals surface area contributed by atoms with Crippen LogP contribution in [0.1, 0.15) is 52.1 Å². The van der Waals surface area contributed by atoms with Gasteiger partial charge in [-0.2, -0.15) is 0 Å². The van der Waals surface area contributed by atoms with Crippen molar-refractivity contribution < 1.29 is 4.79 Å². The highest BCUT2D eigenvalue weighted by Crippen LogP contribution is 2.28. The van der Waals surface area contributed by atoms with Crippen LogP contribution in [0, 0.1) is 11.3 Å². The van der Waals surface area contributed by atoms with Crippen LogP contribution in [0.25, 0.3) is 0 Å². The molecule has 0 aliphatic heterocycles. The quantitative estimate of drug-likeness (QED) is 0.803. The minimum atomic E-state index is -0.529. The van der Waals surface area contributed by atoms with Crippen molar-refractivity contribution in [3.05, 3.63) is 35.9 Å². The minimum absolute atomic E-state index is 0.0285. The first-order valence-electron chi connectivity index (χ1n) is 7.52. The van der Waals surface area contributed by atoms with Gasteiger partial charge in [0, 0.05) is 6.54 Å². The zero-order valence-electron chi connectivity index (χ0n) is 13.1. The van der Waals surface area contributed by atoms with Crippen molar-refractivity contribution >= 4 is 5.91 Å². The summed E-state index contributed by atoms with van der Waals surface area (Å²) in [6.45, 7) is 8.46. The van der Waals surface area contributed by atoms with E-state index >= 15 is 0 Å². The van der Waals surface area contributed by atoms with Crippen LogP contribution < -0.4 is 11.1 Å². The van der Waals surface area contributed by atoms with Crippen molar-refractivity contribution in [1.29, 1.82) is 0 Å². The fraction of sp³-hybridized carbons (Fsp3) is 0.588. The molecule has 3 nitrogen and oxygen atoms in total. The first-order valence-corrected chi connectivity index (χ1v) is 7.52. The average Bonchev–Trinajstić information content (AvgIpc) is 2.48. The Morgan fingerprint density at radius 2 is 1.75 bits per heavy atom. The normalized spacial score (nSPS) is 13.3. The van der Waals surface area contributed by atoms with E-state index in [1.807, 2.05) is 32.0 Å². The van der Waals surface area contributed by atoms with Crippen LogP contribution in [0.2, 0.25) is 0 Å². The van der Waals surface area contributed by atoms with Gasteiger partial charge in [0.2, 0.25) is 5.91 Å². The summed E-state index contributed by atoms with van der Waals surface area (Å²) in [6.07, 6.45) is 2.08. The standard InChI is InChI=1S/C17H28N2O/c1-5-13(6-2)15(14-10-8-7-9-11-14)19-16(20)17(3,4)12-18/h7-11,13,15H,5-6,12,18H2,1-4H3,(H,19,20). The van der Waals surface area contributed by atoms with E-state index in [2.05, 4.69) is 31.3 Å². The lowest BCUT2D eigenvalue weighted by atomic mass is 9.86. The Kier molecular flexibility index (Phi) is 6.21. The minimum Gasteiger partial charge on any atom is -0.349 e. The number of amides is 1. The smallest absolute Gasteiger partial charge is 0.227 e. The molecule has 1 aromatic carbocycles. The van der Waals surface area contributed by atoms with Gasteiger partial charge in [-0.1, -0.05) is 57.0 Å². The van der Waals surface area contributed by atoms with Gasteiger partial charge in [0.1, 0.15) is 0 Å². The number of nitrogens with one attached hydrogen (secondary N) is 1. The topological polar surface area (TPSA) is 55.1 Å². The molecular weight excluding hydrogens is 248 g/mol. The Labute approximate surface area is 122 Å². The summed E-state index contributed by atoms with van der Waals surface area (Å²) >= 11 is 0. The third-order valence-corrected chi connectivity index (χ3v) is 4.09. The summed E-state index contributed by atoms with van der Waals surface area (Å²) in [7, 11) is 0. The maximum absolute atomic E-state index is 12.4.